The fraction of sp³-hybridized carbons (Fsp3) is 0.857. The highest BCUT2D eigenvalue weighted by molar-refractivity contribution is 7.47. The Bertz CT molecular complexity index is 344. The first-order valence-electron chi connectivity index (χ1n) is 4.54. The van der Waals surface area contributed by atoms with Gasteiger partial charge in [-0.05, 0) is 0 Å². The van der Waals surface area contributed by atoms with E-state index in [-0.39, 0.29) is 0 Å². The zero-order valence-electron chi connectivity index (χ0n) is 8.70. The molecule has 0 radical (unpaired) electrons. The van der Waals surface area contributed by atoms with Crippen molar-refractivity contribution in [2.45, 2.75) is 30.5 Å². The summed E-state index contributed by atoms with van der Waals surface area (Å²) in [6.07, 6.45) is -9.72. The standard InChI is InChI=1S/C7H13O9P/c1-15-17(13,14)16-7-5(11)3(9)2(8)4(10)6(7)12/h2-3,5-9,11-12H,1H3,(H,13,14). The Labute approximate surface area is 95.8 Å². The van der Waals surface area contributed by atoms with E-state index in [2.05, 4.69) is 9.05 Å². The molecule has 0 aromatic rings. The fourth-order valence-electron chi connectivity index (χ4n) is 1.39. The first-order chi connectivity index (χ1) is 7.71. The van der Waals surface area contributed by atoms with E-state index in [0.717, 1.165) is 7.11 Å². The van der Waals surface area contributed by atoms with Gasteiger partial charge in [-0.25, -0.2) is 4.57 Å². The summed E-state index contributed by atoms with van der Waals surface area (Å²) in [7, 11) is -3.71. The van der Waals surface area contributed by atoms with Gasteiger partial charge < -0.3 is 25.3 Å². The van der Waals surface area contributed by atoms with Gasteiger partial charge in [-0.3, -0.25) is 13.8 Å². The molecule has 10 heteroatoms. The van der Waals surface area contributed by atoms with Gasteiger partial charge in [0, 0.05) is 7.11 Å². The second-order valence-corrected chi connectivity index (χ2v) is 5.01. The number of carbonyl (C=O) groups is 1. The average Bonchev–Trinajstić information content (AvgIpc) is 2.30. The quantitative estimate of drug-likeness (QED) is 0.341. The number of aliphatic hydroxyl groups excluding tert-OH is 4. The molecule has 6 unspecified atom stereocenters. The van der Waals surface area contributed by atoms with E-state index in [1.807, 2.05) is 0 Å². The number of rotatable bonds is 3. The lowest BCUT2D eigenvalue weighted by molar-refractivity contribution is -0.183. The van der Waals surface area contributed by atoms with Crippen LogP contribution in [0.3, 0.4) is 0 Å². The lowest BCUT2D eigenvalue weighted by atomic mass is 9.86. The van der Waals surface area contributed by atoms with Gasteiger partial charge in [-0.2, -0.15) is 0 Å². The van der Waals surface area contributed by atoms with Gasteiger partial charge in [0.2, 0.25) is 0 Å². The summed E-state index contributed by atoms with van der Waals surface area (Å²) in [4.78, 5) is 20.2. The van der Waals surface area contributed by atoms with E-state index in [4.69, 9.17) is 10.00 Å². The van der Waals surface area contributed by atoms with Crippen molar-refractivity contribution >= 4 is 13.6 Å². The molecule has 0 heterocycles. The van der Waals surface area contributed by atoms with Crippen LogP contribution >= 0.6 is 7.82 Å². The van der Waals surface area contributed by atoms with Crippen molar-refractivity contribution < 1.29 is 43.7 Å². The van der Waals surface area contributed by atoms with Gasteiger partial charge in [0.05, 0.1) is 0 Å². The minimum Gasteiger partial charge on any atom is -0.387 e. The maximum atomic E-state index is 11.2. The van der Waals surface area contributed by atoms with Gasteiger partial charge in [-0.1, -0.05) is 0 Å². The van der Waals surface area contributed by atoms with Gasteiger partial charge in [0.25, 0.3) is 0 Å². The molecule has 1 aliphatic rings. The molecule has 9 nitrogen and oxygen atoms in total. The van der Waals surface area contributed by atoms with Crippen LogP contribution < -0.4 is 0 Å². The maximum absolute atomic E-state index is 11.2. The summed E-state index contributed by atoms with van der Waals surface area (Å²) >= 11 is 0. The molecule has 0 saturated heterocycles. The summed E-state index contributed by atoms with van der Waals surface area (Å²) in [5, 5.41) is 37.2. The van der Waals surface area contributed by atoms with Crippen LogP contribution in [0.25, 0.3) is 0 Å². The minimum absolute atomic E-state index is 0.843. The molecule has 100 valence electrons. The molecule has 0 aromatic heterocycles. The van der Waals surface area contributed by atoms with Crippen LogP contribution in [0.1, 0.15) is 0 Å². The lowest BCUT2D eigenvalue weighted by Gasteiger charge is -2.37. The third-order valence-corrected chi connectivity index (χ3v) is 3.36. The van der Waals surface area contributed by atoms with E-state index in [1.165, 1.54) is 0 Å². The van der Waals surface area contributed by atoms with E-state index in [0.29, 0.717) is 0 Å². The number of ketones is 1. The average molecular weight is 272 g/mol. The highest BCUT2D eigenvalue weighted by Crippen LogP contribution is 2.45. The van der Waals surface area contributed by atoms with Crippen LogP contribution in [-0.2, 0) is 18.4 Å². The Morgan fingerprint density at radius 3 is 2.12 bits per heavy atom. The zero-order chi connectivity index (χ0) is 13.4. The Kier molecular flexibility index (Phi) is 4.39. The topological polar surface area (TPSA) is 154 Å². The number of hydrogen-bond acceptors (Lipinski definition) is 8. The predicted octanol–water partition coefficient (Wildman–Crippen LogP) is -2.86. The van der Waals surface area contributed by atoms with Crippen molar-refractivity contribution in [2.75, 3.05) is 7.11 Å². The van der Waals surface area contributed by atoms with E-state index in [9.17, 15) is 24.7 Å². The number of phosphoric ester groups is 1. The molecule has 1 saturated carbocycles. The van der Waals surface area contributed by atoms with Crippen LogP contribution in [0.4, 0.5) is 0 Å². The number of Topliss-reactive ketones (excluding diaryl/α,β-unsaturated/α-hetero) is 1. The monoisotopic (exact) mass is 272 g/mol. The van der Waals surface area contributed by atoms with Gasteiger partial charge in [0.1, 0.15) is 30.5 Å². The lowest BCUT2D eigenvalue weighted by Crippen LogP contribution is -2.62. The minimum atomic E-state index is -4.55. The van der Waals surface area contributed by atoms with Crippen LogP contribution in [0.2, 0.25) is 0 Å². The molecule has 6 atom stereocenters. The van der Waals surface area contributed by atoms with Crippen molar-refractivity contribution in [2.24, 2.45) is 0 Å². The van der Waals surface area contributed by atoms with Crippen molar-refractivity contribution in [3.63, 3.8) is 0 Å². The van der Waals surface area contributed by atoms with Crippen LogP contribution in [-0.4, -0.2) is 68.7 Å². The highest BCUT2D eigenvalue weighted by atomic mass is 31.2. The molecule has 17 heavy (non-hydrogen) atoms. The van der Waals surface area contributed by atoms with Crippen LogP contribution in [0, 0.1) is 0 Å². The Morgan fingerprint density at radius 1 is 1.12 bits per heavy atom. The molecule has 1 rings (SSSR count). The third kappa shape index (κ3) is 2.90. The van der Waals surface area contributed by atoms with Crippen molar-refractivity contribution in [3.05, 3.63) is 0 Å². The molecule has 0 aliphatic heterocycles. The predicted molar refractivity (Wildman–Crippen MR) is 50.7 cm³/mol. The Hall–Kier alpha value is -0.380. The van der Waals surface area contributed by atoms with Gasteiger partial charge in [-0.15, -0.1) is 0 Å². The summed E-state index contributed by atoms with van der Waals surface area (Å²) < 4.78 is 19.5. The molecule has 0 amide bonds. The van der Waals surface area contributed by atoms with Crippen LogP contribution in [0.15, 0.2) is 0 Å². The van der Waals surface area contributed by atoms with Crippen molar-refractivity contribution in [3.8, 4) is 0 Å². The van der Waals surface area contributed by atoms with Gasteiger partial charge >= 0.3 is 7.82 Å². The SMILES string of the molecule is COP(=O)(O)OC1C(O)C(=O)C(O)C(O)C1O. The molecule has 0 spiro atoms. The third-order valence-electron chi connectivity index (χ3n) is 2.39. The smallest absolute Gasteiger partial charge is 0.387 e. The maximum Gasteiger partial charge on any atom is 0.472 e. The number of aliphatic hydroxyl groups is 4. The number of phosphoric acid groups is 1. The zero-order valence-corrected chi connectivity index (χ0v) is 9.60. The van der Waals surface area contributed by atoms with Crippen LogP contribution in [0.5, 0.6) is 0 Å². The highest BCUT2D eigenvalue weighted by Gasteiger charge is 2.51. The summed E-state index contributed by atoms with van der Waals surface area (Å²) in [5.41, 5.74) is 0. The first kappa shape index (κ1) is 14.7. The summed E-state index contributed by atoms with van der Waals surface area (Å²) in [6.45, 7) is 0. The molecule has 1 aliphatic carbocycles. The molecular weight excluding hydrogens is 259 g/mol. The number of carbonyl (C=O) groups excluding carboxylic acids is 1. The summed E-state index contributed by atoms with van der Waals surface area (Å²) in [6, 6.07) is 0. The van der Waals surface area contributed by atoms with Crippen molar-refractivity contribution in [1.29, 1.82) is 0 Å². The molecule has 0 bridgehead atoms. The van der Waals surface area contributed by atoms with E-state index >= 15 is 0 Å². The second-order valence-electron chi connectivity index (χ2n) is 3.49. The van der Waals surface area contributed by atoms with E-state index in [1.54, 1.807) is 0 Å². The Balaban J connectivity index is 2.91. The largest absolute Gasteiger partial charge is 0.472 e. The van der Waals surface area contributed by atoms with Gasteiger partial charge in [0.15, 0.2) is 5.78 Å². The molecule has 5 N–H and O–H groups in total. The molecule has 0 aromatic carbocycles. The summed E-state index contributed by atoms with van der Waals surface area (Å²) in [5.74, 6) is -1.22. The Morgan fingerprint density at radius 2 is 1.65 bits per heavy atom. The fourth-order valence-corrected chi connectivity index (χ4v) is 2.02. The van der Waals surface area contributed by atoms with E-state index < -0.39 is 44.1 Å². The molecular formula is C7H13O9P. The number of hydrogen-bond donors (Lipinski definition) is 5. The van der Waals surface area contributed by atoms with Crippen molar-refractivity contribution in [1.82, 2.24) is 0 Å². The normalized spacial score (nSPS) is 42.2. The second kappa shape index (κ2) is 5.09. The molecule has 1 fully saturated rings. The first-order valence-corrected chi connectivity index (χ1v) is 6.03.